The molecular formula is C22H24F3N3O2. The van der Waals surface area contributed by atoms with E-state index in [-0.39, 0.29) is 31.0 Å². The van der Waals surface area contributed by atoms with Gasteiger partial charge in [0.25, 0.3) is 0 Å². The summed E-state index contributed by atoms with van der Waals surface area (Å²) in [6.45, 7) is 0.234. The molecule has 1 aliphatic heterocycles. The molecule has 2 amide bonds. The first-order chi connectivity index (χ1) is 14.2. The number of hydrogen-bond acceptors (Lipinski definition) is 3. The van der Waals surface area contributed by atoms with Crippen LogP contribution in [0.2, 0.25) is 0 Å². The molecule has 160 valence electrons. The molecular weight excluding hydrogens is 395 g/mol. The molecule has 0 spiro atoms. The molecule has 0 bridgehead atoms. The zero-order chi connectivity index (χ0) is 22.0. The SMILES string of the molecule is CN(C)C(=O)[C@@H](c1ccc(-c2ccc(F)cc2F)cc1)[C@H](N)C(=O)N1CC[C@H](F)C1. The fraction of sp³-hybridized carbons (Fsp3) is 0.364. The Morgan fingerprint density at radius 2 is 1.80 bits per heavy atom. The number of amides is 2. The van der Waals surface area contributed by atoms with E-state index in [4.69, 9.17) is 5.73 Å². The van der Waals surface area contributed by atoms with Crippen molar-refractivity contribution >= 4 is 11.8 Å². The number of likely N-dealkylation sites (N-methyl/N-ethyl adjacent to an activating group) is 1. The van der Waals surface area contributed by atoms with Crippen LogP contribution in [0.1, 0.15) is 17.9 Å². The van der Waals surface area contributed by atoms with E-state index >= 15 is 0 Å². The summed E-state index contributed by atoms with van der Waals surface area (Å²) in [6, 6.07) is 8.48. The maximum absolute atomic E-state index is 14.1. The van der Waals surface area contributed by atoms with Crippen LogP contribution in [0.5, 0.6) is 0 Å². The first-order valence-corrected chi connectivity index (χ1v) is 9.64. The lowest BCUT2D eigenvalue weighted by Crippen LogP contribution is -2.50. The van der Waals surface area contributed by atoms with Crippen molar-refractivity contribution in [1.82, 2.24) is 9.80 Å². The van der Waals surface area contributed by atoms with Crippen LogP contribution in [0.25, 0.3) is 11.1 Å². The third-order valence-electron chi connectivity index (χ3n) is 5.31. The molecule has 3 atom stereocenters. The van der Waals surface area contributed by atoms with E-state index in [9.17, 15) is 22.8 Å². The van der Waals surface area contributed by atoms with Gasteiger partial charge in [0.2, 0.25) is 11.8 Å². The predicted molar refractivity (Wildman–Crippen MR) is 107 cm³/mol. The van der Waals surface area contributed by atoms with E-state index in [1.165, 1.54) is 15.9 Å². The van der Waals surface area contributed by atoms with E-state index in [1.54, 1.807) is 38.4 Å². The molecule has 0 saturated carbocycles. The summed E-state index contributed by atoms with van der Waals surface area (Å²) in [7, 11) is 3.12. The van der Waals surface area contributed by atoms with Crippen LogP contribution in [0.4, 0.5) is 13.2 Å². The zero-order valence-electron chi connectivity index (χ0n) is 16.8. The number of carbonyl (C=O) groups is 2. The molecule has 1 fully saturated rings. The Labute approximate surface area is 173 Å². The van der Waals surface area contributed by atoms with E-state index in [1.807, 2.05) is 0 Å². The number of nitrogens with zero attached hydrogens (tertiary/aromatic N) is 2. The molecule has 0 aromatic heterocycles. The minimum Gasteiger partial charge on any atom is -0.348 e. The Balaban J connectivity index is 1.90. The molecule has 0 unspecified atom stereocenters. The molecule has 0 radical (unpaired) electrons. The highest BCUT2D eigenvalue weighted by molar-refractivity contribution is 5.93. The number of carbonyl (C=O) groups excluding carboxylic acids is 2. The Morgan fingerprint density at radius 1 is 1.13 bits per heavy atom. The molecule has 2 aromatic carbocycles. The summed E-state index contributed by atoms with van der Waals surface area (Å²) in [5.41, 5.74) is 7.37. The Bertz CT molecular complexity index is 934. The Kier molecular flexibility index (Phi) is 6.45. The summed E-state index contributed by atoms with van der Waals surface area (Å²) in [5, 5.41) is 0. The highest BCUT2D eigenvalue weighted by Gasteiger charge is 2.37. The average Bonchev–Trinajstić information content (AvgIpc) is 3.14. The molecule has 8 heteroatoms. The molecule has 1 aliphatic rings. The third-order valence-corrected chi connectivity index (χ3v) is 5.31. The van der Waals surface area contributed by atoms with Crippen LogP contribution in [0.15, 0.2) is 42.5 Å². The lowest BCUT2D eigenvalue weighted by Gasteiger charge is -2.28. The summed E-state index contributed by atoms with van der Waals surface area (Å²) < 4.78 is 40.7. The highest BCUT2D eigenvalue weighted by atomic mass is 19.1. The molecule has 3 rings (SSSR count). The number of alkyl halides is 1. The van der Waals surface area contributed by atoms with Crippen LogP contribution < -0.4 is 5.73 Å². The second kappa shape index (κ2) is 8.87. The smallest absolute Gasteiger partial charge is 0.240 e. The minimum atomic E-state index is -1.18. The fourth-order valence-electron chi connectivity index (χ4n) is 3.65. The highest BCUT2D eigenvalue weighted by Crippen LogP contribution is 2.28. The summed E-state index contributed by atoms with van der Waals surface area (Å²) in [5.74, 6) is -3.20. The Hall–Kier alpha value is -2.87. The molecule has 0 aliphatic carbocycles. The van der Waals surface area contributed by atoms with Gasteiger partial charge >= 0.3 is 0 Å². The molecule has 2 aromatic rings. The van der Waals surface area contributed by atoms with Gasteiger partial charge in [0.1, 0.15) is 23.8 Å². The maximum Gasteiger partial charge on any atom is 0.240 e. The molecule has 5 nitrogen and oxygen atoms in total. The third kappa shape index (κ3) is 4.48. The van der Waals surface area contributed by atoms with Crippen LogP contribution in [0.3, 0.4) is 0 Å². The Morgan fingerprint density at radius 3 is 2.33 bits per heavy atom. The maximum atomic E-state index is 14.1. The van der Waals surface area contributed by atoms with Gasteiger partial charge in [-0.15, -0.1) is 0 Å². The topological polar surface area (TPSA) is 66.6 Å². The van der Waals surface area contributed by atoms with Gasteiger partial charge in [-0.1, -0.05) is 24.3 Å². The quantitative estimate of drug-likeness (QED) is 0.811. The van der Waals surface area contributed by atoms with Crippen molar-refractivity contribution in [3.8, 4) is 11.1 Å². The normalized spacial score (nSPS) is 18.2. The number of rotatable bonds is 5. The number of halogens is 3. The monoisotopic (exact) mass is 419 g/mol. The number of hydrogen-bond donors (Lipinski definition) is 1. The lowest BCUT2D eigenvalue weighted by molar-refractivity contribution is -0.138. The second-order valence-electron chi connectivity index (χ2n) is 7.65. The van der Waals surface area contributed by atoms with Gasteiger partial charge in [0.15, 0.2) is 0 Å². The molecule has 1 saturated heterocycles. The van der Waals surface area contributed by atoms with E-state index in [2.05, 4.69) is 0 Å². The van der Waals surface area contributed by atoms with Gasteiger partial charge in [0, 0.05) is 32.3 Å². The van der Waals surface area contributed by atoms with E-state index in [0.717, 1.165) is 12.1 Å². The van der Waals surface area contributed by atoms with Crippen LogP contribution in [-0.4, -0.2) is 61.0 Å². The molecule has 1 heterocycles. The predicted octanol–water partition coefficient (Wildman–Crippen LogP) is 2.70. The van der Waals surface area contributed by atoms with Crippen molar-refractivity contribution in [3.05, 3.63) is 59.7 Å². The average molecular weight is 419 g/mol. The number of nitrogens with two attached hydrogens (primary N) is 1. The fourth-order valence-corrected chi connectivity index (χ4v) is 3.65. The first kappa shape index (κ1) is 21.8. The standard InChI is InChI=1S/C22H24F3N3O2/c1-27(2)21(29)19(20(26)22(30)28-10-9-16(24)12-28)14-5-3-13(4-6-14)17-8-7-15(23)11-18(17)25/h3-8,11,16,19-20H,9-10,12,26H2,1-2H3/t16-,19-,20-/m0/s1. The van der Waals surface area contributed by atoms with Gasteiger partial charge in [-0.2, -0.15) is 0 Å². The lowest BCUT2D eigenvalue weighted by atomic mass is 9.88. The van der Waals surface area contributed by atoms with Gasteiger partial charge in [-0.25, -0.2) is 13.2 Å². The first-order valence-electron chi connectivity index (χ1n) is 9.64. The number of likely N-dealkylation sites (tertiary alicyclic amines) is 1. The van der Waals surface area contributed by atoms with Crippen molar-refractivity contribution in [2.45, 2.75) is 24.6 Å². The van der Waals surface area contributed by atoms with Crippen molar-refractivity contribution in [1.29, 1.82) is 0 Å². The second-order valence-corrected chi connectivity index (χ2v) is 7.65. The molecule has 2 N–H and O–H groups in total. The van der Waals surface area contributed by atoms with Gasteiger partial charge in [-0.05, 0) is 29.7 Å². The summed E-state index contributed by atoms with van der Waals surface area (Å²) in [6.07, 6.45) is -0.836. The van der Waals surface area contributed by atoms with E-state index in [0.29, 0.717) is 11.1 Å². The van der Waals surface area contributed by atoms with Crippen LogP contribution in [0, 0.1) is 11.6 Å². The van der Waals surface area contributed by atoms with Crippen molar-refractivity contribution in [3.63, 3.8) is 0 Å². The van der Waals surface area contributed by atoms with Crippen LogP contribution >= 0.6 is 0 Å². The zero-order valence-corrected chi connectivity index (χ0v) is 16.8. The van der Waals surface area contributed by atoms with Gasteiger partial charge in [0.05, 0.1) is 12.5 Å². The molecule has 30 heavy (non-hydrogen) atoms. The summed E-state index contributed by atoms with van der Waals surface area (Å²) >= 11 is 0. The van der Waals surface area contributed by atoms with Gasteiger partial charge < -0.3 is 15.5 Å². The largest absolute Gasteiger partial charge is 0.348 e. The summed E-state index contributed by atoms with van der Waals surface area (Å²) in [4.78, 5) is 28.3. The number of benzene rings is 2. The van der Waals surface area contributed by atoms with E-state index < -0.39 is 35.7 Å². The minimum absolute atomic E-state index is 0.0296. The van der Waals surface area contributed by atoms with Crippen molar-refractivity contribution in [2.75, 3.05) is 27.2 Å². The van der Waals surface area contributed by atoms with Gasteiger partial charge in [-0.3, -0.25) is 9.59 Å². The van der Waals surface area contributed by atoms with Crippen molar-refractivity contribution < 1.29 is 22.8 Å². The van der Waals surface area contributed by atoms with Crippen LogP contribution in [-0.2, 0) is 9.59 Å². The van der Waals surface area contributed by atoms with Crippen molar-refractivity contribution in [2.24, 2.45) is 5.73 Å².